The van der Waals surface area contributed by atoms with E-state index in [4.69, 9.17) is 4.42 Å². The lowest BCUT2D eigenvalue weighted by Gasteiger charge is -2.01. The van der Waals surface area contributed by atoms with Crippen molar-refractivity contribution in [3.05, 3.63) is 71.2 Å². The lowest BCUT2D eigenvalue weighted by Crippen LogP contribution is -2.12. The van der Waals surface area contributed by atoms with Gasteiger partial charge in [0.1, 0.15) is 11.3 Å². The Morgan fingerprint density at radius 2 is 1.92 bits per heavy atom. The summed E-state index contributed by atoms with van der Waals surface area (Å²) in [4.78, 5) is 27.4. The Morgan fingerprint density at radius 3 is 2.72 bits per heavy atom. The molecular weight excluding hydrogens is 320 g/mol. The maximum atomic E-state index is 12.3. The fraction of sp³-hybridized carbons (Fsp3) is 0. The van der Waals surface area contributed by atoms with Crippen molar-refractivity contribution in [2.75, 3.05) is 0 Å². The second kappa shape index (κ2) is 5.99. The van der Waals surface area contributed by atoms with E-state index in [0.717, 1.165) is 5.56 Å². The number of hydrogen-bond acceptors (Lipinski definition) is 6. The zero-order valence-electron chi connectivity index (χ0n) is 12.8. The molecule has 4 rings (SSSR count). The summed E-state index contributed by atoms with van der Waals surface area (Å²) >= 11 is 0. The van der Waals surface area contributed by atoms with Crippen LogP contribution in [0.4, 0.5) is 5.69 Å². The fourth-order valence-electron chi connectivity index (χ4n) is 2.47. The molecule has 0 N–H and O–H groups in total. The molecule has 25 heavy (non-hydrogen) atoms. The van der Waals surface area contributed by atoms with Gasteiger partial charge in [-0.2, -0.15) is 10.1 Å². The molecular formula is C18H10N4O3. The second-order valence-electron chi connectivity index (χ2n) is 5.23. The van der Waals surface area contributed by atoms with Gasteiger partial charge in [0, 0.05) is 17.0 Å². The van der Waals surface area contributed by atoms with Gasteiger partial charge in [-0.25, -0.2) is 9.59 Å². The molecule has 2 aromatic heterocycles. The largest absolute Gasteiger partial charge is 0.421 e. The highest BCUT2D eigenvalue weighted by Crippen LogP contribution is 2.22. The number of isocyanates is 1. The molecule has 0 atom stereocenters. The third-order valence-electron chi connectivity index (χ3n) is 3.65. The number of rotatable bonds is 3. The molecule has 0 radical (unpaired) electrons. The van der Waals surface area contributed by atoms with E-state index in [-0.39, 0.29) is 5.69 Å². The van der Waals surface area contributed by atoms with E-state index in [1.54, 1.807) is 24.4 Å². The van der Waals surface area contributed by atoms with E-state index >= 15 is 0 Å². The van der Waals surface area contributed by atoms with Crippen molar-refractivity contribution in [1.29, 1.82) is 0 Å². The Kier molecular flexibility index (Phi) is 3.53. The maximum absolute atomic E-state index is 12.3. The zero-order valence-corrected chi connectivity index (χ0v) is 12.8. The molecule has 7 nitrogen and oxygen atoms in total. The maximum Gasteiger partial charge on any atom is 0.364 e. The van der Waals surface area contributed by atoms with Gasteiger partial charge in [-0.05, 0) is 18.2 Å². The van der Waals surface area contributed by atoms with Gasteiger partial charge < -0.3 is 4.42 Å². The summed E-state index contributed by atoms with van der Waals surface area (Å²) < 4.78 is 5.30. The lowest BCUT2D eigenvalue weighted by molar-refractivity contribution is 0.546. The Morgan fingerprint density at radius 1 is 1.08 bits per heavy atom. The molecule has 4 aromatic rings. The Labute approximate surface area is 140 Å². The van der Waals surface area contributed by atoms with Crippen LogP contribution in [0.15, 0.2) is 75.0 Å². The van der Waals surface area contributed by atoms with Crippen LogP contribution in [0, 0.1) is 0 Å². The average molecular weight is 330 g/mol. The van der Waals surface area contributed by atoms with Gasteiger partial charge >= 0.3 is 5.63 Å². The number of aromatic nitrogens is 3. The van der Waals surface area contributed by atoms with E-state index in [0.29, 0.717) is 22.4 Å². The van der Waals surface area contributed by atoms with Gasteiger partial charge in [-0.1, -0.05) is 30.3 Å². The first-order chi connectivity index (χ1) is 12.2. The third kappa shape index (κ3) is 2.75. The molecule has 0 aliphatic rings. The molecule has 0 spiro atoms. The van der Waals surface area contributed by atoms with Gasteiger partial charge in [-0.3, -0.25) is 0 Å². The standard InChI is InChI=1S/C18H10N4O3/c23-11-19-14-7-6-13-8-16(18(24)25-17(13)9-14)22-20-10-15(21-22)12-4-2-1-3-5-12/h1-10H. The van der Waals surface area contributed by atoms with E-state index in [1.807, 2.05) is 30.3 Å². The van der Waals surface area contributed by atoms with Gasteiger partial charge in [0.15, 0.2) is 5.69 Å². The van der Waals surface area contributed by atoms with Crippen molar-refractivity contribution < 1.29 is 9.21 Å². The molecule has 120 valence electrons. The highest BCUT2D eigenvalue weighted by atomic mass is 16.4. The van der Waals surface area contributed by atoms with E-state index in [2.05, 4.69) is 15.2 Å². The Hall–Kier alpha value is -3.83. The SMILES string of the molecule is O=C=Nc1ccc2cc(-n3ncc(-c4ccccc4)n3)c(=O)oc2c1. The number of hydrogen-bond donors (Lipinski definition) is 0. The summed E-state index contributed by atoms with van der Waals surface area (Å²) in [6.07, 6.45) is 3.03. The quantitative estimate of drug-likeness (QED) is 0.327. The van der Waals surface area contributed by atoms with Crippen molar-refractivity contribution in [3.63, 3.8) is 0 Å². The number of fused-ring (bicyclic) bond motifs is 1. The van der Waals surface area contributed by atoms with Crippen LogP contribution in [0.5, 0.6) is 0 Å². The lowest BCUT2D eigenvalue weighted by atomic mass is 10.2. The number of carbonyl (C=O) groups excluding carboxylic acids is 1. The number of nitrogens with zero attached hydrogens (tertiary/aromatic N) is 4. The Bertz CT molecular complexity index is 1170. The molecule has 0 aliphatic carbocycles. The molecule has 0 saturated carbocycles. The zero-order chi connectivity index (χ0) is 17.2. The molecule has 0 saturated heterocycles. The van der Waals surface area contributed by atoms with Gasteiger partial charge in [-0.15, -0.1) is 9.90 Å². The normalized spacial score (nSPS) is 10.6. The van der Waals surface area contributed by atoms with Crippen molar-refractivity contribution in [3.8, 4) is 16.9 Å². The minimum Gasteiger partial charge on any atom is -0.421 e. The predicted octanol–water partition coefficient (Wildman–Crippen LogP) is 3.01. The molecule has 2 aromatic carbocycles. The van der Waals surface area contributed by atoms with E-state index in [1.165, 1.54) is 16.9 Å². The van der Waals surface area contributed by atoms with E-state index < -0.39 is 5.63 Å². The first-order valence-corrected chi connectivity index (χ1v) is 7.38. The molecule has 0 amide bonds. The summed E-state index contributed by atoms with van der Waals surface area (Å²) in [5.41, 5.74) is 1.84. The third-order valence-corrected chi connectivity index (χ3v) is 3.65. The topological polar surface area (TPSA) is 90.4 Å². The number of aliphatic imine (C=N–C) groups is 1. The first-order valence-electron chi connectivity index (χ1n) is 7.38. The summed E-state index contributed by atoms with van der Waals surface area (Å²) in [5, 5.41) is 9.16. The van der Waals surface area contributed by atoms with Crippen molar-refractivity contribution in [2.45, 2.75) is 0 Å². The highest BCUT2D eigenvalue weighted by Gasteiger charge is 2.11. The highest BCUT2D eigenvalue weighted by molar-refractivity contribution is 5.81. The average Bonchev–Trinajstić information content (AvgIpc) is 3.12. The second-order valence-corrected chi connectivity index (χ2v) is 5.23. The molecule has 2 heterocycles. The van der Waals surface area contributed by atoms with Gasteiger partial charge in [0.2, 0.25) is 6.08 Å². The van der Waals surface area contributed by atoms with Crippen LogP contribution in [-0.4, -0.2) is 21.1 Å². The molecule has 0 fully saturated rings. The van der Waals surface area contributed by atoms with Crippen molar-refractivity contribution >= 4 is 22.7 Å². The van der Waals surface area contributed by atoms with Crippen LogP contribution in [0.2, 0.25) is 0 Å². The van der Waals surface area contributed by atoms with E-state index in [9.17, 15) is 9.59 Å². The first kappa shape index (κ1) is 14.7. The van der Waals surface area contributed by atoms with Crippen LogP contribution in [0.3, 0.4) is 0 Å². The van der Waals surface area contributed by atoms with Crippen LogP contribution < -0.4 is 5.63 Å². The molecule has 0 unspecified atom stereocenters. The van der Waals surface area contributed by atoms with Crippen LogP contribution >= 0.6 is 0 Å². The predicted molar refractivity (Wildman–Crippen MR) is 90.6 cm³/mol. The van der Waals surface area contributed by atoms with Gasteiger partial charge in [0.25, 0.3) is 0 Å². The van der Waals surface area contributed by atoms with Crippen LogP contribution in [0.25, 0.3) is 27.9 Å². The van der Waals surface area contributed by atoms with Crippen molar-refractivity contribution in [2.24, 2.45) is 4.99 Å². The van der Waals surface area contributed by atoms with Crippen LogP contribution in [0.1, 0.15) is 0 Å². The molecule has 7 heteroatoms. The minimum absolute atomic E-state index is 0.196. The summed E-state index contributed by atoms with van der Waals surface area (Å²) in [6.45, 7) is 0. The summed E-state index contributed by atoms with van der Waals surface area (Å²) in [6, 6.07) is 16.0. The summed E-state index contributed by atoms with van der Waals surface area (Å²) in [7, 11) is 0. The molecule has 0 bridgehead atoms. The fourth-order valence-corrected chi connectivity index (χ4v) is 2.47. The summed E-state index contributed by atoms with van der Waals surface area (Å²) in [5.74, 6) is 0. The monoisotopic (exact) mass is 330 g/mol. The van der Waals surface area contributed by atoms with Gasteiger partial charge in [0.05, 0.1) is 11.9 Å². The smallest absolute Gasteiger partial charge is 0.364 e. The van der Waals surface area contributed by atoms with Crippen LogP contribution in [-0.2, 0) is 4.79 Å². The van der Waals surface area contributed by atoms with Crippen molar-refractivity contribution in [1.82, 2.24) is 15.0 Å². The minimum atomic E-state index is -0.588. The Balaban J connectivity index is 1.81. The molecule has 0 aliphatic heterocycles. The number of benzene rings is 2.